The molecular weight excluding hydrogens is 364 g/mol. The van der Waals surface area contributed by atoms with Crippen LogP contribution in [0.25, 0.3) is 0 Å². The minimum absolute atomic E-state index is 0.130. The predicted molar refractivity (Wildman–Crippen MR) is 98.5 cm³/mol. The topological polar surface area (TPSA) is 75.7 Å². The minimum atomic E-state index is -3.31. The molecular formula is C17H19ClN2O4S. The first-order valence-corrected chi connectivity index (χ1v) is 9.66. The number of carbonyl (C=O) groups is 1. The lowest BCUT2D eigenvalue weighted by Crippen LogP contribution is -2.28. The number of benzene rings is 2. The first-order chi connectivity index (χ1) is 11.8. The molecule has 0 radical (unpaired) electrons. The van der Waals surface area contributed by atoms with Crippen molar-refractivity contribution in [1.29, 1.82) is 0 Å². The van der Waals surface area contributed by atoms with E-state index < -0.39 is 10.0 Å². The van der Waals surface area contributed by atoms with Crippen LogP contribution in [0.1, 0.15) is 5.56 Å². The van der Waals surface area contributed by atoms with Crippen molar-refractivity contribution in [3.05, 3.63) is 59.1 Å². The van der Waals surface area contributed by atoms with Crippen LogP contribution in [0.2, 0.25) is 5.02 Å². The highest BCUT2D eigenvalue weighted by molar-refractivity contribution is 7.92. The van der Waals surface area contributed by atoms with Crippen molar-refractivity contribution in [2.45, 2.75) is 6.54 Å². The van der Waals surface area contributed by atoms with Gasteiger partial charge < -0.3 is 10.1 Å². The Morgan fingerprint density at radius 2 is 1.72 bits per heavy atom. The predicted octanol–water partition coefficient (Wildman–Crippen LogP) is 2.43. The number of halogens is 1. The summed E-state index contributed by atoms with van der Waals surface area (Å²) in [6, 6.07) is 13.6. The third-order valence-corrected chi connectivity index (χ3v) is 4.93. The van der Waals surface area contributed by atoms with Gasteiger partial charge in [-0.3, -0.25) is 9.10 Å². The van der Waals surface area contributed by atoms with Crippen LogP contribution in [-0.2, 0) is 21.4 Å². The van der Waals surface area contributed by atoms with Gasteiger partial charge in [0.15, 0.2) is 6.61 Å². The number of hydrogen-bond donors (Lipinski definition) is 1. The number of rotatable bonds is 7. The molecule has 2 aromatic rings. The van der Waals surface area contributed by atoms with Crippen LogP contribution >= 0.6 is 11.6 Å². The SMILES string of the molecule is CN(c1ccc(OCC(=O)NCc2ccc(Cl)cc2)cc1)S(C)(=O)=O. The summed E-state index contributed by atoms with van der Waals surface area (Å²) in [5, 5.41) is 3.39. The molecule has 6 nitrogen and oxygen atoms in total. The lowest BCUT2D eigenvalue weighted by atomic mass is 10.2. The zero-order chi connectivity index (χ0) is 18.4. The molecule has 2 aromatic carbocycles. The molecule has 0 aliphatic carbocycles. The number of nitrogens with one attached hydrogen (secondary N) is 1. The molecule has 1 N–H and O–H groups in total. The molecule has 0 unspecified atom stereocenters. The van der Waals surface area contributed by atoms with E-state index in [1.165, 1.54) is 7.05 Å². The molecule has 0 saturated heterocycles. The highest BCUT2D eigenvalue weighted by Crippen LogP contribution is 2.20. The van der Waals surface area contributed by atoms with E-state index in [9.17, 15) is 13.2 Å². The summed E-state index contributed by atoms with van der Waals surface area (Å²) in [5.74, 6) is 0.222. The van der Waals surface area contributed by atoms with Crippen molar-refractivity contribution in [3.8, 4) is 5.75 Å². The van der Waals surface area contributed by atoms with Crippen molar-refractivity contribution in [1.82, 2.24) is 5.32 Å². The van der Waals surface area contributed by atoms with Gasteiger partial charge in [0.1, 0.15) is 5.75 Å². The van der Waals surface area contributed by atoms with Crippen LogP contribution in [0.15, 0.2) is 48.5 Å². The van der Waals surface area contributed by atoms with Gasteiger partial charge in [0, 0.05) is 18.6 Å². The summed E-state index contributed by atoms with van der Waals surface area (Å²) in [7, 11) is -1.84. The fourth-order valence-corrected chi connectivity index (χ4v) is 2.58. The molecule has 0 aliphatic heterocycles. The van der Waals surface area contributed by atoms with E-state index in [-0.39, 0.29) is 12.5 Å². The van der Waals surface area contributed by atoms with Crippen LogP contribution < -0.4 is 14.4 Å². The summed E-state index contributed by atoms with van der Waals surface area (Å²) < 4.78 is 29.5. The van der Waals surface area contributed by atoms with Crippen molar-refractivity contribution in [3.63, 3.8) is 0 Å². The second-order valence-electron chi connectivity index (χ2n) is 5.42. The summed E-state index contributed by atoms with van der Waals surface area (Å²) in [6.07, 6.45) is 1.13. The quantitative estimate of drug-likeness (QED) is 0.798. The molecule has 25 heavy (non-hydrogen) atoms. The summed E-state index contributed by atoms with van der Waals surface area (Å²) in [6.45, 7) is 0.256. The zero-order valence-electron chi connectivity index (χ0n) is 13.9. The van der Waals surface area contributed by atoms with E-state index in [1.807, 2.05) is 12.1 Å². The Bertz CT molecular complexity index is 821. The highest BCUT2D eigenvalue weighted by atomic mass is 35.5. The van der Waals surface area contributed by atoms with Crippen LogP contribution in [0.5, 0.6) is 5.75 Å². The number of sulfonamides is 1. The Hall–Kier alpha value is -2.25. The maximum Gasteiger partial charge on any atom is 0.258 e. The van der Waals surface area contributed by atoms with E-state index in [2.05, 4.69) is 5.32 Å². The molecule has 0 atom stereocenters. The molecule has 8 heteroatoms. The molecule has 0 fully saturated rings. The number of hydrogen-bond acceptors (Lipinski definition) is 4. The third kappa shape index (κ3) is 5.95. The van der Waals surface area contributed by atoms with Gasteiger partial charge in [0.2, 0.25) is 10.0 Å². The van der Waals surface area contributed by atoms with Crippen LogP contribution in [0.3, 0.4) is 0 Å². The molecule has 134 valence electrons. The van der Waals surface area contributed by atoms with Gasteiger partial charge in [0.05, 0.1) is 11.9 Å². The Balaban J connectivity index is 1.82. The maximum absolute atomic E-state index is 11.8. The monoisotopic (exact) mass is 382 g/mol. The van der Waals surface area contributed by atoms with Gasteiger partial charge in [-0.1, -0.05) is 23.7 Å². The normalized spacial score (nSPS) is 11.0. The van der Waals surface area contributed by atoms with E-state index in [0.717, 1.165) is 16.1 Å². The van der Waals surface area contributed by atoms with Crippen LogP contribution in [-0.4, -0.2) is 34.2 Å². The number of ether oxygens (including phenoxy) is 1. The molecule has 0 aliphatic rings. The second-order valence-corrected chi connectivity index (χ2v) is 7.87. The van der Waals surface area contributed by atoms with Gasteiger partial charge >= 0.3 is 0 Å². The fourth-order valence-electron chi connectivity index (χ4n) is 1.95. The van der Waals surface area contributed by atoms with Gasteiger partial charge in [-0.25, -0.2) is 8.42 Å². The number of carbonyl (C=O) groups excluding carboxylic acids is 1. The Morgan fingerprint density at radius 3 is 2.28 bits per heavy atom. The molecule has 2 rings (SSSR count). The smallest absolute Gasteiger partial charge is 0.258 e. The average Bonchev–Trinajstić information content (AvgIpc) is 2.58. The Kier molecular flexibility index (Phi) is 6.27. The van der Waals surface area contributed by atoms with Gasteiger partial charge in [-0.2, -0.15) is 0 Å². The van der Waals surface area contributed by atoms with E-state index in [0.29, 0.717) is 23.0 Å². The third-order valence-electron chi connectivity index (χ3n) is 3.47. The second kappa shape index (κ2) is 8.22. The molecule has 1 amide bonds. The van der Waals surface area contributed by atoms with E-state index in [1.54, 1.807) is 36.4 Å². The molecule has 0 aromatic heterocycles. The van der Waals surface area contributed by atoms with E-state index >= 15 is 0 Å². The number of nitrogens with zero attached hydrogens (tertiary/aromatic N) is 1. The fraction of sp³-hybridized carbons (Fsp3) is 0.235. The standard InChI is InChI=1S/C17H19ClN2O4S/c1-20(25(2,22)23)15-7-9-16(10-8-15)24-12-17(21)19-11-13-3-5-14(18)6-4-13/h3-10H,11-12H2,1-2H3,(H,19,21). The number of amides is 1. The Labute approximate surface area is 152 Å². The molecule has 0 saturated carbocycles. The van der Waals surface area contributed by atoms with Gasteiger partial charge in [-0.15, -0.1) is 0 Å². The molecule has 0 spiro atoms. The summed E-state index contributed by atoms with van der Waals surface area (Å²) in [5.41, 5.74) is 1.45. The summed E-state index contributed by atoms with van der Waals surface area (Å²) in [4.78, 5) is 11.8. The lowest BCUT2D eigenvalue weighted by Gasteiger charge is -2.16. The van der Waals surface area contributed by atoms with Crippen LogP contribution in [0.4, 0.5) is 5.69 Å². The molecule has 0 heterocycles. The largest absolute Gasteiger partial charge is 0.484 e. The first-order valence-electron chi connectivity index (χ1n) is 7.43. The van der Waals surface area contributed by atoms with Crippen molar-refractivity contribution in [2.24, 2.45) is 0 Å². The summed E-state index contributed by atoms with van der Waals surface area (Å²) >= 11 is 5.80. The maximum atomic E-state index is 11.8. The minimum Gasteiger partial charge on any atom is -0.484 e. The molecule has 0 bridgehead atoms. The van der Waals surface area contributed by atoms with Crippen molar-refractivity contribution >= 4 is 33.2 Å². The Morgan fingerprint density at radius 1 is 1.12 bits per heavy atom. The average molecular weight is 383 g/mol. The zero-order valence-corrected chi connectivity index (χ0v) is 15.5. The lowest BCUT2D eigenvalue weighted by molar-refractivity contribution is -0.123. The highest BCUT2D eigenvalue weighted by Gasteiger charge is 2.11. The van der Waals surface area contributed by atoms with Gasteiger partial charge in [-0.05, 0) is 42.0 Å². The van der Waals surface area contributed by atoms with Crippen LogP contribution in [0, 0.1) is 0 Å². The first kappa shape index (κ1) is 19.1. The van der Waals surface area contributed by atoms with Crippen molar-refractivity contribution < 1.29 is 17.9 Å². The van der Waals surface area contributed by atoms with E-state index in [4.69, 9.17) is 16.3 Å². The number of anilines is 1. The van der Waals surface area contributed by atoms with Crippen molar-refractivity contribution in [2.75, 3.05) is 24.2 Å². The van der Waals surface area contributed by atoms with Gasteiger partial charge in [0.25, 0.3) is 5.91 Å².